The van der Waals surface area contributed by atoms with Crippen molar-refractivity contribution in [1.82, 2.24) is 0 Å². The van der Waals surface area contributed by atoms with E-state index >= 15 is 0 Å². The molecule has 0 saturated heterocycles. The van der Waals surface area contributed by atoms with Crippen LogP contribution in [0.1, 0.15) is 78.6 Å². The Hall–Kier alpha value is -0.110. The molecule has 4 aliphatic rings. The SMILES string of the molecule is C[C@@H](O)[C@H]1CCC2C3CC[C@H]4C[C@H](F)CC[C@]4(C)C3CC[C@@]21C. The van der Waals surface area contributed by atoms with E-state index in [9.17, 15) is 9.50 Å². The predicted octanol–water partition coefficient (Wildman–Crippen LogP) is 5.36. The maximum Gasteiger partial charge on any atom is 0.100 e. The largest absolute Gasteiger partial charge is 0.393 e. The van der Waals surface area contributed by atoms with Crippen molar-refractivity contribution >= 4 is 0 Å². The molecule has 9 atom stereocenters. The molecule has 4 saturated carbocycles. The van der Waals surface area contributed by atoms with Crippen LogP contribution in [-0.4, -0.2) is 17.4 Å². The van der Waals surface area contributed by atoms with Gasteiger partial charge in [0, 0.05) is 0 Å². The summed E-state index contributed by atoms with van der Waals surface area (Å²) in [7, 11) is 0. The van der Waals surface area contributed by atoms with E-state index in [1.54, 1.807) is 0 Å². The summed E-state index contributed by atoms with van der Waals surface area (Å²) in [5, 5.41) is 10.3. The molecule has 1 N–H and O–H groups in total. The summed E-state index contributed by atoms with van der Waals surface area (Å²) in [6.45, 7) is 6.99. The fraction of sp³-hybridized carbons (Fsp3) is 1.00. The first kappa shape index (κ1) is 16.4. The highest BCUT2D eigenvalue weighted by atomic mass is 19.1. The molecule has 4 aliphatic carbocycles. The fourth-order valence-electron chi connectivity index (χ4n) is 8.04. The van der Waals surface area contributed by atoms with Crippen LogP contribution in [0.4, 0.5) is 4.39 Å². The first-order valence-corrected chi connectivity index (χ1v) is 10.2. The molecule has 0 aromatic rings. The Balaban J connectivity index is 1.60. The third-order valence-corrected chi connectivity index (χ3v) is 9.26. The van der Waals surface area contributed by atoms with Crippen LogP contribution in [0.5, 0.6) is 0 Å². The molecule has 0 aromatic carbocycles. The van der Waals surface area contributed by atoms with Crippen molar-refractivity contribution in [3.8, 4) is 0 Å². The second-order valence-electron chi connectivity index (χ2n) is 10.00. The minimum atomic E-state index is -0.537. The van der Waals surface area contributed by atoms with Gasteiger partial charge in [-0.2, -0.15) is 0 Å². The maximum absolute atomic E-state index is 13.9. The molecule has 0 aromatic heterocycles. The molecule has 2 heteroatoms. The van der Waals surface area contributed by atoms with Crippen LogP contribution in [-0.2, 0) is 0 Å². The van der Waals surface area contributed by atoms with Crippen molar-refractivity contribution < 1.29 is 9.50 Å². The molecule has 23 heavy (non-hydrogen) atoms. The van der Waals surface area contributed by atoms with Gasteiger partial charge in [0.15, 0.2) is 0 Å². The van der Waals surface area contributed by atoms with Gasteiger partial charge in [-0.3, -0.25) is 0 Å². The van der Waals surface area contributed by atoms with Crippen LogP contribution < -0.4 is 0 Å². The number of halogens is 1. The summed E-state index contributed by atoms with van der Waals surface area (Å²) in [5.74, 6) is 3.60. The molecule has 132 valence electrons. The third kappa shape index (κ3) is 2.26. The van der Waals surface area contributed by atoms with E-state index in [0.29, 0.717) is 22.7 Å². The van der Waals surface area contributed by atoms with Crippen molar-refractivity contribution in [2.24, 2.45) is 40.4 Å². The number of alkyl halides is 1. The zero-order chi connectivity index (χ0) is 16.4. The van der Waals surface area contributed by atoms with E-state index < -0.39 is 6.17 Å². The summed E-state index contributed by atoms with van der Waals surface area (Å²) in [6.07, 6.45) is 9.78. The van der Waals surface area contributed by atoms with E-state index in [-0.39, 0.29) is 6.10 Å². The Morgan fingerprint density at radius 3 is 2.35 bits per heavy atom. The minimum Gasteiger partial charge on any atom is -0.393 e. The molecule has 0 radical (unpaired) electrons. The first-order chi connectivity index (χ1) is 10.9. The van der Waals surface area contributed by atoms with E-state index in [4.69, 9.17) is 0 Å². The Bertz CT molecular complexity index is 463. The lowest BCUT2D eigenvalue weighted by molar-refractivity contribution is -0.126. The summed E-state index contributed by atoms with van der Waals surface area (Å²) < 4.78 is 13.9. The average molecular weight is 323 g/mol. The molecule has 1 nitrogen and oxygen atoms in total. The van der Waals surface area contributed by atoms with Gasteiger partial charge in [0.2, 0.25) is 0 Å². The summed E-state index contributed by atoms with van der Waals surface area (Å²) in [5.41, 5.74) is 0.756. The Morgan fingerprint density at radius 1 is 0.913 bits per heavy atom. The monoisotopic (exact) mass is 322 g/mol. The minimum absolute atomic E-state index is 0.157. The first-order valence-electron chi connectivity index (χ1n) is 10.2. The molecular formula is C21H35FO. The second kappa shape index (κ2) is 5.44. The third-order valence-electron chi connectivity index (χ3n) is 9.26. The molecule has 4 rings (SSSR count). The maximum atomic E-state index is 13.9. The lowest BCUT2D eigenvalue weighted by Crippen LogP contribution is -2.54. The van der Waals surface area contributed by atoms with Gasteiger partial charge >= 0.3 is 0 Å². The van der Waals surface area contributed by atoms with E-state index in [1.807, 2.05) is 6.92 Å². The van der Waals surface area contributed by atoms with Crippen molar-refractivity contribution in [2.75, 3.05) is 0 Å². The van der Waals surface area contributed by atoms with Crippen LogP contribution in [0.3, 0.4) is 0 Å². The normalized spacial score (nSPS) is 57.3. The Kier molecular flexibility index (Phi) is 3.87. The highest BCUT2D eigenvalue weighted by Crippen LogP contribution is 2.67. The van der Waals surface area contributed by atoms with Gasteiger partial charge in [-0.1, -0.05) is 13.8 Å². The van der Waals surface area contributed by atoms with Crippen molar-refractivity contribution in [3.05, 3.63) is 0 Å². The molecule has 3 unspecified atom stereocenters. The standard InChI is InChI=1S/C21H35FO/c1-13(23)17-6-7-18-16-5-4-14-12-15(22)8-10-20(14,2)19(16)9-11-21(17,18)3/h13-19,23H,4-12H2,1-3H3/t13-,14+,15-,16?,17-,18?,19?,20+,21-/m1/s1. The fourth-order valence-corrected chi connectivity index (χ4v) is 8.04. The zero-order valence-corrected chi connectivity index (χ0v) is 15.2. The van der Waals surface area contributed by atoms with Gasteiger partial charge < -0.3 is 5.11 Å². The number of aliphatic hydroxyl groups is 1. The Labute approximate surface area is 141 Å². The lowest BCUT2D eigenvalue weighted by Gasteiger charge is -2.61. The quantitative estimate of drug-likeness (QED) is 0.688. The number of aliphatic hydroxyl groups excluding tert-OH is 1. The molecule has 0 bridgehead atoms. The van der Waals surface area contributed by atoms with Crippen molar-refractivity contribution in [3.63, 3.8) is 0 Å². The summed E-state index contributed by atoms with van der Waals surface area (Å²) >= 11 is 0. The van der Waals surface area contributed by atoms with Gasteiger partial charge in [-0.15, -0.1) is 0 Å². The molecule has 0 aliphatic heterocycles. The van der Waals surface area contributed by atoms with Gasteiger partial charge in [0.1, 0.15) is 6.17 Å². The molecular weight excluding hydrogens is 287 g/mol. The van der Waals surface area contributed by atoms with Crippen LogP contribution in [0, 0.1) is 40.4 Å². The van der Waals surface area contributed by atoms with Gasteiger partial charge in [0.05, 0.1) is 6.10 Å². The molecule has 0 heterocycles. The van der Waals surface area contributed by atoms with E-state index in [1.165, 1.54) is 38.5 Å². The highest BCUT2D eigenvalue weighted by Gasteiger charge is 2.60. The number of hydrogen-bond acceptors (Lipinski definition) is 1. The van der Waals surface area contributed by atoms with E-state index in [0.717, 1.165) is 37.0 Å². The molecule has 0 amide bonds. The Morgan fingerprint density at radius 2 is 1.61 bits per heavy atom. The molecule has 0 spiro atoms. The van der Waals surface area contributed by atoms with Crippen molar-refractivity contribution in [1.29, 1.82) is 0 Å². The van der Waals surface area contributed by atoms with Crippen LogP contribution >= 0.6 is 0 Å². The second-order valence-corrected chi connectivity index (χ2v) is 10.00. The van der Waals surface area contributed by atoms with Crippen LogP contribution in [0.2, 0.25) is 0 Å². The number of rotatable bonds is 1. The van der Waals surface area contributed by atoms with Crippen LogP contribution in [0.15, 0.2) is 0 Å². The smallest absolute Gasteiger partial charge is 0.100 e. The number of hydrogen-bond donors (Lipinski definition) is 1. The predicted molar refractivity (Wildman–Crippen MR) is 91.8 cm³/mol. The molecule has 4 fully saturated rings. The summed E-state index contributed by atoms with van der Waals surface area (Å²) in [4.78, 5) is 0. The average Bonchev–Trinajstić information content (AvgIpc) is 2.85. The topological polar surface area (TPSA) is 20.2 Å². The van der Waals surface area contributed by atoms with Gasteiger partial charge in [-0.05, 0) is 105 Å². The van der Waals surface area contributed by atoms with E-state index in [2.05, 4.69) is 13.8 Å². The lowest BCUT2D eigenvalue weighted by atomic mass is 9.44. The van der Waals surface area contributed by atoms with Crippen LogP contribution in [0.25, 0.3) is 0 Å². The summed E-state index contributed by atoms with van der Waals surface area (Å²) in [6, 6.07) is 0. The highest BCUT2D eigenvalue weighted by molar-refractivity contribution is 5.09. The van der Waals surface area contributed by atoms with Gasteiger partial charge in [-0.25, -0.2) is 4.39 Å². The zero-order valence-electron chi connectivity index (χ0n) is 15.2. The van der Waals surface area contributed by atoms with Crippen molar-refractivity contribution in [2.45, 2.75) is 90.8 Å². The van der Waals surface area contributed by atoms with Gasteiger partial charge in [0.25, 0.3) is 0 Å². The number of fused-ring (bicyclic) bond motifs is 5.